The first-order chi connectivity index (χ1) is 13.5. The van der Waals surface area contributed by atoms with Crippen LogP contribution in [0.25, 0.3) is 0 Å². The number of hydrogen-bond acceptors (Lipinski definition) is 10. The molecule has 0 aliphatic heterocycles. The largest absolute Gasteiger partial charge is 0.510 e. The van der Waals surface area contributed by atoms with E-state index >= 15 is 0 Å². The van der Waals surface area contributed by atoms with E-state index in [0.29, 0.717) is 5.56 Å². The maximum Gasteiger partial charge on any atom is 0.510 e. The number of anilines is 1. The lowest BCUT2D eigenvalue weighted by Crippen LogP contribution is -2.26. The van der Waals surface area contributed by atoms with E-state index in [1.165, 1.54) is 19.1 Å². The lowest BCUT2D eigenvalue weighted by molar-refractivity contribution is 0.0399. The van der Waals surface area contributed by atoms with E-state index in [1.807, 2.05) is 0 Å². The molecule has 0 spiro atoms. The van der Waals surface area contributed by atoms with Gasteiger partial charge in [-0.2, -0.15) is 0 Å². The first-order valence-electron chi connectivity index (χ1n) is 8.43. The highest BCUT2D eigenvalue weighted by atomic mass is 35.5. The van der Waals surface area contributed by atoms with Gasteiger partial charge < -0.3 is 14.8 Å². The molecule has 1 aromatic carbocycles. The Morgan fingerprint density at radius 1 is 1.34 bits per heavy atom. The molecule has 29 heavy (non-hydrogen) atoms. The molecule has 0 saturated carbocycles. The van der Waals surface area contributed by atoms with Gasteiger partial charge in [0, 0.05) is 11.8 Å². The van der Waals surface area contributed by atoms with Crippen LogP contribution in [-0.2, 0) is 25.9 Å². The van der Waals surface area contributed by atoms with E-state index in [-0.39, 0.29) is 34.6 Å². The molecule has 11 nitrogen and oxygen atoms in total. The Labute approximate surface area is 172 Å². The first-order valence-corrected chi connectivity index (χ1v) is 10.7. The fraction of sp³-hybridized carbons (Fsp3) is 0.438. The predicted molar refractivity (Wildman–Crippen MR) is 103 cm³/mol. The number of tetrazole rings is 1. The molecular formula is C16H20ClN5O6S. The maximum absolute atomic E-state index is 12.7. The van der Waals surface area contributed by atoms with Crippen molar-refractivity contribution in [3.05, 3.63) is 28.3 Å². The fourth-order valence-electron chi connectivity index (χ4n) is 2.47. The second kappa shape index (κ2) is 9.18. The molecule has 1 N–H and O–H groups in total. The molecule has 13 heteroatoms. The van der Waals surface area contributed by atoms with E-state index < -0.39 is 28.0 Å². The minimum absolute atomic E-state index is 0.0231. The number of halogens is 1. The quantitative estimate of drug-likeness (QED) is 0.363. The Morgan fingerprint density at radius 3 is 2.66 bits per heavy atom. The molecule has 0 amide bonds. The average Bonchev–Trinajstić information content (AvgIpc) is 3.00. The molecule has 1 unspecified atom stereocenters. The number of ketones is 1. The van der Waals surface area contributed by atoms with Crippen molar-refractivity contribution in [1.82, 2.24) is 20.2 Å². The van der Waals surface area contributed by atoms with Gasteiger partial charge in [0.25, 0.3) is 0 Å². The second-order valence-electron chi connectivity index (χ2n) is 6.02. The monoisotopic (exact) mass is 445 g/mol. The van der Waals surface area contributed by atoms with Crippen molar-refractivity contribution in [2.24, 2.45) is 0 Å². The summed E-state index contributed by atoms with van der Waals surface area (Å²) in [6.45, 7) is 4.58. The van der Waals surface area contributed by atoms with Crippen molar-refractivity contribution in [2.75, 3.05) is 18.2 Å². The van der Waals surface area contributed by atoms with Gasteiger partial charge in [0.1, 0.15) is 6.54 Å². The van der Waals surface area contributed by atoms with Crippen LogP contribution in [0.2, 0.25) is 5.02 Å². The number of hydrogen-bond donors (Lipinski definition) is 1. The number of rotatable bonds is 8. The normalized spacial score (nSPS) is 12.3. The van der Waals surface area contributed by atoms with Crippen LogP contribution >= 0.6 is 11.6 Å². The molecule has 1 heterocycles. The molecule has 2 aromatic rings. The summed E-state index contributed by atoms with van der Waals surface area (Å²) in [7, 11) is -3.63. The molecule has 0 bridgehead atoms. The van der Waals surface area contributed by atoms with Crippen LogP contribution in [0.15, 0.2) is 17.0 Å². The van der Waals surface area contributed by atoms with Crippen LogP contribution < -0.4 is 5.32 Å². The first kappa shape index (κ1) is 22.6. The van der Waals surface area contributed by atoms with Crippen LogP contribution in [0, 0.1) is 6.92 Å². The number of aromatic nitrogens is 4. The van der Waals surface area contributed by atoms with E-state index in [1.54, 1.807) is 13.8 Å². The maximum atomic E-state index is 12.7. The van der Waals surface area contributed by atoms with E-state index in [9.17, 15) is 18.0 Å². The van der Waals surface area contributed by atoms with Gasteiger partial charge in [-0.05, 0) is 42.8 Å². The minimum Gasteiger partial charge on any atom is -0.435 e. The summed E-state index contributed by atoms with van der Waals surface area (Å²) in [4.78, 5) is 23.9. The summed E-state index contributed by atoms with van der Waals surface area (Å²) in [6, 6.07) is 2.95. The molecule has 0 fully saturated rings. The zero-order chi connectivity index (χ0) is 21.8. The number of aryl methyl sites for hydroxylation is 1. The molecule has 2 rings (SSSR count). The van der Waals surface area contributed by atoms with Crippen LogP contribution in [-0.4, -0.2) is 59.7 Å². The summed E-state index contributed by atoms with van der Waals surface area (Å²) in [5.74, 6) is -0.448. The van der Waals surface area contributed by atoms with Crippen molar-refractivity contribution in [3.63, 3.8) is 0 Å². The number of carbonyl (C=O) groups is 2. The number of nitrogens with one attached hydrogen (secondary N) is 1. The SMILES string of the molecule is CCOC(=O)OC(C)Nc1nnnn1CC(=O)c1ccc(C)c(S(C)(=O)=O)c1Cl. The number of sulfone groups is 1. The summed E-state index contributed by atoms with van der Waals surface area (Å²) < 4.78 is 34.7. The third-order valence-electron chi connectivity index (χ3n) is 3.66. The van der Waals surface area contributed by atoms with Crippen LogP contribution in [0.3, 0.4) is 0 Å². The van der Waals surface area contributed by atoms with Crippen molar-refractivity contribution in [3.8, 4) is 0 Å². The zero-order valence-electron chi connectivity index (χ0n) is 16.2. The molecule has 0 radical (unpaired) electrons. The topological polar surface area (TPSA) is 142 Å². The third kappa shape index (κ3) is 5.64. The number of benzene rings is 1. The van der Waals surface area contributed by atoms with Crippen LogP contribution in [0.4, 0.5) is 10.7 Å². The van der Waals surface area contributed by atoms with Gasteiger partial charge in [-0.3, -0.25) is 4.79 Å². The Balaban J connectivity index is 2.20. The van der Waals surface area contributed by atoms with E-state index in [4.69, 9.17) is 16.3 Å². The molecular weight excluding hydrogens is 426 g/mol. The highest BCUT2D eigenvalue weighted by molar-refractivity contribution is 7.90. The predicted octanol–water partition coefficient (Wildman–Crippen LogP) is 1.85. The molecule has 158 valence electrons. The molecule has 1 aromatic heterocycles. The number of carbonyl (C=O) groups excluding carboxylic acids is 2. The average molecular weight is 446 g/mol. The third-order valence-corrected chi connectivity index (χ3v) is 5.43. The van der Waals surface area contributed by atoms with Crippen molar-refractivity contribution in [1.29, 1.82) is 0 Å². The highest BCUT2D eigenvalue weighted by Crippen LogP contribution is 2.29. The van der Waals surface area contributed by atoms with Crippen LogP contribution in [0.1, 0.15) is 29.8 Å². The Morgan fingerprint density at radius 2 is 2.03 bits per heavy atom. The zero-order valence-corrected chi connectivity index (χ0v) is 17.7. The number of Topliss-reactive ketones (excluding diaryl/α,β-unsaturated/α-hetero) is 1. The van der Waals surface area contributed by atoms with Crippen molar-refractivity contribution in [2.45, 2.75) is 38.4 Å². The van der Waals surface area contributed by atoms with Crippen molar-refractivity contribution >= 4 is 39.3 Å². The molecule has 0 aliphatic rings. The number of nitrogens with zero attached hydrogens (tertiary/aromatic N) is 4. The Bertz CT molecular complexity index is 1020. The van der Waals surface area contributed by atoms with Gasteiger partial charge in [0.2, 0.25) is 5.95 Å². The van der Waals surface area contributed by atoms with Gasteiger partial charge in [-0.15, -0.1) is 0 Å². The Kier molecular flexibility index (Phi) is 7.14. The second-order valence-corrected chi connectivity index (χ2v) is 8.35. The van der Waals surface area contributed by atoms with Gasteiger partial charge in [0.15, 0.2) is 21.8 Å². The van der Waals surface area contributed by atoms with Gasteiger partial charge in [-0.25, -0.2) is 17.9 Å². The van der Waals surface area contributed by atoms with Gasteiger partial charge in [-0.1, -0.05) is 22.8 Å². The van der Waals surface area contributed by atoms with Crippen molar-refractivity contribution < 1.29 is 27.5 Å². The summed E-state index contributed by atoms with van der Waals surface area (Å²) in [5.41, 5.74) is 0.457. The summed E-state index contributed by atoms with van der Waals surface area (Å²) >= 11 is 6.20. The minimum atomic E-state index is -3.63. The lowest BCUT2D eigenvalue weighted by atomic mass is 10.1. The standard InChI is InChI=1S/C16H20ClN5O6S/c1-5-27-16(24)28-10(3)18-15-19-20-21-22(15)8-12(23)11-7-6-9(2)14(13(11)17)29(4,25)26/h6-7,10H,5,8H2,1-4H3,(H,18,19,21). The molecule has 1 atom stereocenters. The van der Waals surface area contributed by atoms with E-state index in [0.717, 1.165) is 10.9 Å². The Hall–Kier alpha value is -2.73. The summed E-state index contributed by atoms with van der Waals surface area (Å²) in [5, 5.41) is 13.5. The lowest BCUT2D eigenvalue weighted by Gasteiger charge is -2.15. The fourth-order valence-corrected chi connectivity index (χ4v) is 4.29. The van der Waals surface area contributed by atoms with Crippen LogP contribution in [0.5, 0.6) is 0 Å². The molecule has 0 aliphatic carbocycles. The number of ether oxygens (including phenoxy) is 2. The van der Waals surface area contributed by atoms with E-state index in [2.05, 4.69) is 25.6 Å². The summed E-state index contributed by atoms with van der Waals surface area (Å²) in [6.07, 6.45) is -0.694. The van der Waals surface area contributed by atoms with Gasteiger partial charge >= 0.3 is 6.16 Å². The molecule has 0 saturated heterocycles. The smallest absolute Gasteiger partial charge is 0.435 e. The van der Waals surface area contributed by atoms with Gasteiger partial charge in [0.05, 0.1) is 16.5 Å². The highest BCUT2D eigenvalue weighted by Gasteiger charge is 2.23.